The number of carbonyl (C=O) groups is 1. The van der Waals surface area contributed by atoms with Gasteiger partial charge in [-0.05, 0) is 20.1 Å². The number of aliphatic imine (C=N–C) groups is 1. The molecule has 0 spiro atoms. The first kappa shape index (κ1) is 13.8. The van der Waals surface area contributed by atoms with Gasteiger partial charge in [0.25, 0.3) is 0 Å². The second-order valence-corrected chi connectivity index (χ2v) is 3.70. The van der Waals surface area contributed by atoms with Crippen molar-refractivity contribution in [3.8, 4) is 6.19 Å². The molecule has 0 saturated heterocycles. The maximum atomic E-state index is 11.6. The minimum absolute atomic E-state index is 0.0520. The van der Waals surface area contributed by atoms with Gasteiger partial charge in [-0.25, -0.2) is 4.99 Å². The highest BCUT2D eigenvalue weighted by Crippen LogP contribution is 2.01. The van der Waals surface area contributed by atoms with Crippen LogP contribution in [0.15, 0.2) is 4.99 Å². The van der Waals surface area contributed by atoms with E-state index in [0.717, 1.165) is 0 Å². The van der Waals surface area contributed by atoms with Crippen molar-refractivity contribution in [1.82, 2.24) is 10.2 Å². The molecule has 1 unspecified atom stereocenters. The zero-order valence-electron chi connectivity index (χ0n) is 9.44. The summed E-state index contributed by atoms with van der Waals surface area (Å²) >= 11 is 1.31. The largest absolute Gasteiger partial charge is 0.344 e. The molecule has 0 heterocycles. The van der Waals surface area contributed by atoms with Crippen molar-refractivity contribution in [3.05, 3.63) is 0 Å². The number of rotatable bonds is 3. The van der Waals surface area contributed by atoms with E-state index in [-0.39, 0.29) is 5.91 Å². The Kier molecular flexibility index (Phi) is 6.54. The first-order valence-corrected chi connectivity index (χ1v) is 5.81. The molecule has 0 saturated carbocycles. The molecule has 0 aromatic carbocycles. The topological polar surface area (TPSA) is 68.5 Å². The van der Waals surface area contributed by atoms with Crippen LogP contribution in [0.1, 0.15) is 13.8 Å². The first-order valence-electron chi connectivity index (χ1n) is 4.58. The van der Waals surface area contributed by atoms with Crippen LogP contribution in [-0.2, 0) is 4.79 Å². The normalized spacial score (nSPS) is 12.9. The Morgan fingerprint density at radius 1 is 1.73 bits per heavy atom. The maximum Gasteiger partial charge on any atom is 0.246 e. The molecule has 0 aliphatic rings. The minimum Gasteiger partial charge on any atom is -0.344 e. The number of nitrogens with one attached hydrogen (secondary N) is 1. The van der Waals surface area contributed by atoms with Crippen LogP contribution in [-0.4, -0.2) is 41.9 Å². The lowest BCUT2D eigenvalue weighted by atomic mass is 10.3. The molecule has 0 radical (unpaired) electrons. The van der Waals surface area contributed by atoms with Gasteiger partial charge >= 0.3 is 0 Å². The molecule has 1 amide bonds. The molecule has 0 rings (SSSR count). The van der Waals surface area contributed by atoms with E-state index < -0.39 is 6.04 Å². The Morgan fingerprint density at radius 2 is 2.33 bits per heavy atom. The number of amidine groups is 1. The van der Waals surface area contributed by atoms with E-state index in [2.05, 4.69) is 10.3 Å². The van der Waals surface area contributed by atoms with Gasteiger partial charge in [-0.1, -0.05) is 11.8 Å². The number of hydrogen-bond donors (Lipinski definition) is 1. The highest BCUT2D eigenvalue weighted by Gasteiger charge is 2.15. The van der Waals surface area contributed by atoms with Gasteiger partial charge in [-0.3, -0.25) is 10.1 Å². The van der Waals surface area contributed by atoms with Crippen LogP contribution in [0.25, 0.3) is 0 Å². The van der Waals surface area contributed by atoms with Crippen molar-refractivity contribution in [2.24, 2.45) is 4.99 Å². The molecule has 0 aliphatic carbocycles. The Bertz CT molecular complexity index is 284. The fourth-order valence-electron chi connectivity index (χ4n) is 0.890. The quantitative estimate of drug-likeness (QED) is 0.333. The summed E-state index contributed by atoms with van der Waals surface area (Å²) in [5, 5.41) is 11.3. The number of amides is 1. The number of nitriles is 1. The molecule has 84 valence electrons. The number of carbonyl (C=O) groups excluding carboxylic acids is 1. The van der Waals surface area contributed by atoms with E-state index in [4.69, 9.17) is 5.26 Å². The predicted octanol–water partition coefficient (Wildman–Crippen LogP) is 0.643. The molecule has 1 atom stereocenters. The summed E-state index contributed by atoms with van der Waals surface area (Å²) in [6.07, 6.45) is 3.58. The van der Waals surface area contributed by atoms with Crippen molar-refractivity contribution in [2.45, 2.75) is 19.9 Å². The minimum atomic E-state index is -0.460. The third-order valence-corrected chi connectivity index (χ3v) is 2.47. The van der Waals surface area contributed by atoms with Crippen molar-refractivity contribution in [3.63, 3.8) is 0 Å². The molecule has 15 heavy (non-hydrogen) atoms. The summed E-state index contributed by atoms with van der Waals surface area (Å²) < 4.78 is 0. The lowest BCUT2D eigenvalue weighted by molar-refractivity contribution is -0.130. The van der Waals surface area contributed by atoms with Gasteiger partial charge < -0.3 is 4.90 Å². The molecule has 5 nitrogen and oxygen atoms in total. The van der Waals surface area contributed by atoms with Crippen LogP contribution < -0.4 is 5.32 Å². The van der Waals surface area contributed by atoms with Crippen LogP contribution in [0.5, 0.6) is 0 Å². The van der Waals surface area contributed by atoms with Gasteiger partial charge in [0.2, 0.25) is 5.91 Å². The van der Waals surface area contributed by atoms with E-state index in [1.165, 1.54) is 11.8 Å². The molecule has 6 heteroatoms. The predicted molar refractivity (Wildman–Crippen MR) is 62.5 cm³/mol. The molecule has 0 fully saturated rings. The fraction of sp³-hybridized carbons (Fsp3) is 0.667. The Hall–Kier alpha value is -1.22. The van der Waals surface area contributed by atoms with Crippen molar-refractivity contribution in [1.29, 1.82) is 5.26 Å². The van der Waals surface area contributed by atoms with Crippen molar-refractivity contribution >= 4 is 22.8 Å². The highest BCUT2D eigenvalue weighted by atomic mass is 32.2. The maximum absolute atomic E-state index is 11.6. The van der Waals surface area contributed by atoms with Gasteiger partial charge in [-0.15, -0.1) is 0 Å². The number of hydrogen-bond acceptors (Lipinski definition) is 4. The number of likely N-dealkylation sites (N-methyl/N-ethyl adjacent to an activating group) is 1. The fourth-order valence-corrected chi connectivity index (χ4v) is 1.30. The third kappa shape index (κ3) is 4.70. The summed E-state index contributed by atoms with van der Waals surface area (Å²) in [6.45, 7) is 4.26. The van der Waals surface area contributed by atoms with Crippen LogP contribution in [0.3, 0.4) is 0 Å². The van der Waals surface area contributed by atoms with E-state index in [9.17, 15) is 4.79 Å². The smallest absolute Gasteiger partial charge is 0.246 e. The van der Waals surface area contributed by atoms with E-state index in [0.29, 0.717) is 11.7 Å². The van der Waals surface area contributed by atoms with Gasteiger partial charge in [0.15, 0.2) is 11.4 Å². The lowest BCUT2D eigenvalue weighted by Gasteiger charge is -2.17. The monoisotopic (exact) mass is 228 g/mol. The zero-order valence-corrected chi connectivity index (χ0v) is 10.3. The molecule has 1 N–H and O–H groups in total. The second kappa shape index (κ2) is 7.12. The first-order chi connectivity index (χ1) is 7.06. The standard InChI is InChI=1S/C9H16N4OS/c1-5-13(3)8(14)7(2)12-9(15-4)11-6-10/h7H,5H2,1-4H3,(H,11,12). The molecular formula is C9H16N4OS. The second-order valence-electron chi connectivity index (χ2n) is 2.90. The van der Waals surface area contributed by atoms with Crippen LogP contribution >= 0.6 is 11.8 Å². The van der Waals surface area contributed by atoms with Gasteiger partial charge in [0, 0.05) is 13.6 Å². The van der Waals surface area contributed by atoms with Crippen molar-refractivity contribution in [2.75, 3.05) is 19.8 Å². The van der Waals surface area contributed by atoms with E-state index in [1.54, 1.807) is 31.3 Å². The summed E-state index contributed by atoms with van der Waals surface area (Å²) in [5.41, 5.74) is 0. The van der Waals surface area contributed by atoms with Gasteiger partial charge in [-0.2, -0.15) is 5.26 Å². The molecule has 0 aromatic rings. The highest BCUT2D eigenvalue weighted by molar-refractivity contribution is 8.13. The average molecular weight is 228 g/mol. The summed E-state index contributed by atoms with van der Waals surface area (Å²) in [4.78, 5) is 17.3. The molecule has 0 aliphatic heterocycles. The number of nitrogens with zero attached hydrogens (tertiary/aromatic N) is 3. The van der Waals surface area contributed by atoms with E-state index >= 15 is 0 Å². The van der Waals surface area contributed by atoms with Crippen molar-refractivity contribution < 1.29 is 4.79 Å². The molecule has 0 bridgehead atoms. The van der Waals surface area contributed by atoms with Crippen LogP contribution in [0.2, 0.25) is 0 Å². The van der Waals surface area contributed by atoms with Crippen LogP contribution in [0, 0.1) is 11.5 Å². The summed E-state index contributed by atoms with van der Waals surface area (Å²) in [6, 6.07) is -0.460. The lowest BCUT2D eigenvalue weighted by Crippen LogP contribution is -2.34. The van der Waals surface area contributed by atoms with Gasteiger partial charge in [0.05, 0.1) is 0 Å². The third-order valence-electron chi connectivity index (χ3n) is 1.88. The SMILES string of the molecule is CCN(C)C(=O)C(C)N=C(NC#N)SC. The summed E-state index contributed by atoms with van der Waals surface area (Å²) in [7, 11) is 1.73. The number of thioether (sulfide) groups is 1. The zero-order chi connectivity index (χ0) is 11.8. The molecular weight excluding hydrogens is 212 g/mol. The van der Waals surface area contributed by atoms with E-state index in [1.807, 2.05) is 6.92 Å². The Labute approximate surface area is 94.5 Å². The average Bonchev–Trinajstić information content (AvgIpc) is 2.26. The summed E-state index contributed by atoms with van der Waals surface area (Å²) in [5.74, 6) is -0.0520. The Morgan fingerprint density at radius 3 is 2.73 bits per heavy atom. The van der Waals surface area contributed by atoms with Gasteiger partial charge in [0.1, 0.15) is 6.04 Å². The van der Waals surface area contributed by atoms with Crippen LogP contribution in [0.4, 0.5) is 0 Å². The Balaban J connectivity index is 4.51. The molecule has 0 aromatic heterocycles.